The van der Waals surface area contributed by atoms with Gasteiger partial charge in [0.1, 0.15) is 0 Å². The molecule has 0 fully saturated rings. The van der Waals surface area contributed by atoms with Crippen LogP contribution in [0.2, 0.25) is 0 Å². The van der Waals surface area contributed by atoms with E-state index < -0.39 is 0 Å². The molecule has 8 rings (SSSR count). The van der Waals surface area contributed by atoms with E-state index in [1.165, 1.54) is 71.9 Å². The van der Waals surface area contributed by atoms with E-state index in [9.17, 15) is 0 Å². The number of benzene rings is 7. The molecular formula is C42H32N2. The molecular weight excluding hydrogens is 532 g/mol. The summed E-state index contributed by atoms with van der Waals surface area (Å²) in [6.45, 7) is 4.35. The van der Waals surface area contributed by atoms with Crippen molar-refractivity contribution >= 4 is 61.8 Å². The molecule has 8 aromatic rings. The monoisotopic (exact) mass is 564 g/mol. The number of hydrogen-bond acceptors (Lipinski definition) is 1. The van der Waals surface area contributed by atoms with E-state index in [0.717, 1.165) is 5.69 Å². The number of rotatable bonds is 6. The summed E-state index contributed by atoms with van der Waals surface area (Å²) in [4.78, 5) is 2.36. The number of anilines is 3. The summed E-state index contributed by atoms with van der Waals surface area (Å²) >= 11 is 0. The first-order valence-corrected chi connectivity index (χ1v) is 15.2. The van der Waals surface area contributed by atoms with E-state index in [0.29, 0.717) is 0 Å². The minimum atomic E-state index is 1.14. The Morgan fingerprint density at radius 3 is 1.80 bits per heavy atom. The van der Waals surface area contributed by atoms with Gasteiger partial charge in [0.2, 0.25) is 0 Å². The van der Waals surface area contributed by atoms with Crippen molar-refractivity contribution in [1.82, 2.24) is 4.57 Å². The summed E-state index contributed by atoms with van der Waals surface area (Å²) in [7, 11) is 0. The zero-order chi connectivity index (χ0) is 29.6. The number of hydrogen-bond donors (Lipinski definition) is 0. The highest BCUT2D eigenvalue weighted by Gasteiger charge is 2.18. The lowest BCUT2D eigenvalue weighted by Crippen LogP contribution is -2.12. The Morgan fingerprint density at radius 1 is 0.477 bits per heavy atom. The Labute approximate surface area is 258 Å². The van der Waals surface area contributed by atoms with Crippen LogP contribution in [0.5, 0.6) is 0 Å². The molecule has 1 aromatic heterocycles. The maximum atomic E-state index is 2.41. The van der Waals surface area contributed by atoms with Gasteiger partial charge in [0.15, 0.2) is 0 Å². The van der Waals surface area contributed by atoms with Crippen molar-refractivity contribution in [2.24, 2.45) is 0 Å². The lowest BCUT2D eigenvalue weighted by molar-refractivity contribution is 1.18. The van der Waals surface area contributed by atoms with Crippen molar-refractivity contribution in [2.75, 3.05) is 4.90 Å². The third-order valence-electron chi connectivity index (χ3n) is 8.77. The second-order valence-corrected chi connectivity index (χ2v) is 11.6. The first kappa shape index (κ1) is 26.1. The predicted molar refractivity (Wildman–Crippen MR) is 189 cm³/mol. The molecule has 0 saturated heterocycles. The van der Waals surface area contributed by atoms with Crippen LogP contribution in [-0.4, -0.2) is 4.57 Å². The van der Waals surface area contributed by atoms with Crippen LogP contribution in [0.1, 0.15) is 22.3 Å². The fourth-order valence-electron chi connectivity index (χ4n) is 6.63. The first-order valence-electron chi connectivity index (χ1n) is 15.2. The van der Waals surface area contributed by atoms with Crippen LogP contribution in [0.25, 0.3) is 50.4 Å². The lowest BCUT2D eigenvalue weighted by atomic mass is 10.00. The quantitative estimate of drug-likeness (QED) is 0.144. The van der Waals surface area contributed by atoms with E-state index in [1.807, 2.05) is 0 Å². The molecule has 0 radical (unpaired) electrons. The molecule has 210 valence electrons. The van der Waals surface area contributed by atoms with E-state index in [-0.39, 0.29) is 0 Å². The minimum Gasteiger partial charge on any atom is -0.310 e. The molecule has 0 N–H and O–H groups in total. The van der Waals surface area contributed by atoms with Crippen LogP contribution in [0, 0.1) is 13.8 Å². The topological polar surface area (TPSA) is 8.17 Å². The molecule has 44 heavy (non-hydrogen) atoms. The summed E-state index contributed by atoms with van der Waals surface area (Å²) in [6.07, 6.45) is 4.46. The van der Waals surface area contributed by atoms with Crippen LogP contribution < -0.4 is 4.90 Å². The van der Waals surface area contributed by atoms with Gasteiger partial charge in [-0.3, -0.25) is 0 Å². The van der Waals surface area contributed by atoms with Gasteiger partial charge in [-0.05, 0) is 101 Å². The molecule has 0 amide bonds. The maximum Gasteiger partial charge on any atom is 0.0553 e. The van der Waals surface area contributed by atoms with Gasteiger partial charge in [-0.25, -0.2) is 0 Å². The van der Waals surface area contributed by atoms with Gasteiger partial charge in [0, 0.05) is 33.5 Å². The Bertz CT molecular complexity index is 2240. The third kappa shape index (κ3) is 4.35. The molecule has 2 heteroatoms. The van der Waals surface area contributed by atoms with Gasteiger partial charge in [-0.15, -0.1) is 0 Å². The summed E-state index contributed by atoms with van der Waals surface area (Å²) < 4.78 is 2.41. The van der Waals surface area contributed by atoms with Gasteiger partial charge in [-0.1, -0.05) is 103 Å². The number of aromatic nitrogens is 1. The average molecular weight is 565 g/mol. The highest BCUT2D eigenvalue weighted by Crippen LogP contribution is 2.40. The molecule has 0 aliphatic heterocycles. The zero-order valence-electron chi connectivity index (χ0n) is 24.9. The smallest absolute Gasteiger partial charge is 0.0553 e. The van der Waals surface area contributed by atoms with Crippen molar-refractivity contribution in [3.8, 4) is 5.69 Å². The van der Waals surface area contributed by atoms with E-state index in [1.54, 1.807) is 0 Å². The zero-order valence-corrected chi connectivity index (χ0v) is 24.9. The van der Waals surface area contributed by atoms with Crippen LogP contribution in [0.4, 0.5) is 17.1 Å². The number of aryl methyl sites for hydroxylation is 2. The molecule has 0 unspecified atom stereocenters. The van der Waals surface area contributed by atoms with Crippen molar-refractivity contribution < 1.29 is 0 Å². The maximum absolute atomic E-state index is 2.41. The van der Waals surface area contributed by atoms with Crippen molar-refractivity contribution in [3.63, 3.8) is 0 Å². The minimum absolute atomic E-state index is 1.14. The fourth-order valence-corrected chi connectivity index (χ4v) is 6.63. The largest absolute Gasteiger partial charge is 0.310 e. The molecule has 0 bridgehead atoms. The van der Waals surface area contributed by atoms with Crippen LogP contribution >= 0.6 is 0 Å². The summed E-state index contributed by atoms with van der Waals surface area (Å²) in [5.41, 5.74) is 12.0. The van der Waals surface area contributed by atoms with Gasteiger partial charge in [0.25, 0.3) is 0 Å². The fraction of sp³-hybridized carbons (Fsp3) is 0.0476. The van der Waals surface area contributed by atoms with E-state index in [2.05, 4.69) is 181 Å². The normalized spacial score (nSPS) is 11.8. The van der Waals surface area contributed by atoms with Gasteiger partial charge < -0.3 is 9.47 Å². The van der Waals surface area contributed by atoms with Gasteiger partial charge >= 0.3 is 0 Å². The second kappa shape index (κ2) is 10.6. The average Bonchev–Trinajstić information content (AvgIpc) is 3.40. The highest BCUT2D eigenvalue weighted by molar-refractivity contribution is 6.24. The molecule has 0 atom stereocenters. The molecule has 1 heterocycles. The number of para-hydroxylation sites is 3. The lowest BCUT2D eigenvalue weighted by Gasteiger charge is -2.28. The highest BCUT2D eigenvalue weighted by atomic mass is 15.1. The van der Waals surface area contributed by atoms with Crippen LogP contribution in [0.3, 0.4) is 0 Å². The number of nitrogens with zero attached hydrogens (tertiary/aromatic N) is 2. The molecule has 0 spiro atoms. The summed E-state index contributed by atoms with van der Waals surface area (Å²) in [5, 5.41) is 5.21. The Hall–Kier alpha value is -5.60. The Morgan fingerprint density at radius 2 is 1.09 bits per heavy atom. The SMILES string of the molecule is Cc1ccccc1N(c1ccc(/C=C/c2cc3ccc4cccc5c4c3c(c2)n5-c2ccccc2)cc1)c1ccccc1C. The molecule has 0 aliphatic rings. The molecule has 2 nitrogen and oxygen atoms in total. The Balaban J connectivity index is 1.19. The van der Waals surface area contributed by atoms with Gasteiger partial charge in [-0.2, -0.15) is 0 Å². The first-order chi connectivity index (χ1) is 21.7. The van der Waals surface area contributed by atoms with Crippen molar-refractivity contribution in [1.29, 1.82) is 0 Å². The molecule has 0 saturated carbocycles. The second-order valence-electron chi connectivity index (χ2n) is 11.6. The van der Waals surface area contributed by atoms with Gasteiger partial charge in [0.05, 0.1) is 11.0 Å². The molecule has 7 aromatic carbocycles. The summed E-state index contributed by atoms with van der Waals surface area (Å²) in [5.74, 6) is 0. The summed E-state index contributed by atoms with van der Waals surface area (Å²) in [6, 6.07) is 52.5. The predicted octanol–water partition coefficient (Wildman–Crippen LogP) is 11.6. The van der Waals surface area contributed by atoms with E-state index in [4.69, 9.17) is 0 Å². The van der Waals surface area contributed by atoms with E-state index >= 15 is 0 Å². The van der Waals surface area contributed by atoms with Crippen molar-refractivity contribution in [3.05, 3.63) is 168 Å². The molecule has 0 aliphatic carbocycles. The third-order valence-corrected chi connectivity index (χ3v) is 8.77. The van der Waals surface area contributed by atoms with Crippen LogP contribution in [0.15, 0.2) is 146 Å². The Kier molecular flexibility index (Phi) is 6.27. The van der Waals surface area contributed by atoms with Crippen LogP contribution in [-0.2, 0) is 0 Å². The standard InChI is InChI=1S/C42H32N2/c1-29-11-6-8-16-37(29)43(38-17-9-7-12-30(38)2)36-25-21-31(22-26-36)19-20-32-27-34-24-23-33-13-10-18-39-41(33)42(34)40(28-32)44(39)35-14-4-3-5-15-35/h3-28H,1-2H3/b20-19+. The van der Waals surface area contributed by atoms with Crippen molar-refractivity contribution in [2.45, 2.75) is 13.8 Å².